The van der Waals surface area contributed by atoms with E-state index in [-0.39, 0.29) is 10.8 Å². The molecule has 0 aliphatic heterocycles. The number of hydrogen-bond donors (Lipinski definition) is 0. The maximum atomic E-state index is 2.72. The van der Waals surface area contributed by atoms with Crippen LogP contribution in [-0.4, -0.2) is 0 Å². The number of benzene rings is 13. The van der Waals surface area contributed by atoms with E-state index in [1.165, 1.54) is 338 Å². The molecule has 0 aromatic heterocycles. The topological polar surface area (TPSA) is 6.48 Å². The summed E-state index contributed by atoms with van der Waals surface area (Å²) < 4.78 is 0. The van der Waals surface area contributed by atoms with Crippen LogP contribution in [0.2, 0.25) is 0 Å². The van der Waals surface area contributed by atoms with Crippen molar-refractivity contribution in [3.8, 4) is 44.5 Å². The number of fused-ring (bicyclic) bond motifs is 8. The summed E-state index contributed by atoms with van der Waals surface area (Å²) in [6, 6.07) is 99.6. The highest BCUT2D eigenvalue weighted by atomic mass is 15.1. The molecule has 0 spiro atoms. The molecule has 0 saturated carbocycles. The van der Waals surface area contributed by atoms with Gasteiger partial charge in [0.2, 0.25) is 0 Å². The van der Waals surface area contributed by atoms with E-state index in [0.717, 1.165) is 25.7 Å². The number of hydrogen-bond acceptors (Lipinski definition) is 2. The van der Waals surface area contributed by atoms with Gasteiger partial charge in [-0.25, -0.2) is 0 Å². The van der Waals surface area contributed by atoms with Crippen molar-refractivity contribution in [3.63, 3.8) is 0 Å². The quantitative estimate of drug-likeness (QED) is 0.0213. The fourth-order valence-electron chi connectivity index (χ4n) is 20.5. The molecular weight excluding hydrogens is 1350 g/mol. The summed E-state index contributed by atoms with van der Waals surface area (Å²) in [5.74, 6) is 0. The molecule has 0 bridgehead atoms. The van der Waals surface area contributed by atoms with Crippen LogP contribution in [0.3, 0.4) is 0 Å². The molecule has 0 atom stereocenters. The van der Waals surface area contributed by atoms with Crippen molar-refractivity contribution in [2.45, 2.75) is 270 Å². The van der Waals surface area contributed by atoms with Gasteiger partial charge in [0.15, 0.2) is 0 Å². The molecule has 112 heavy (non-hydrogen) atoms. The second-order valence-corrected chi connectivity index (χ2v) is 33.9. The van der Waals surface area contributed by atoms with Crippen LogP contribution in [0.5, 0.6) is 0 Å². The molecule has 2 heteroatoms. The summed E-state index contributed by atoms with van der Waals surface area (Å²) in [6.07, 6.45) is 46.8. The molecular formula is C110H126N2. The lowest BCUT2D eigenvalue weighted by Gasteiger charge is -2.34. The van der Waals surface area contributed by atoms with Gasteiger partial charge in [-0.05, 0) is 233 Å². The van der Waals surface area contributed by atoms with E-state index < -0.39 is 0 Å². The van der Waals surface area contributed by atoms with Crippen LogP contribution in [-0.2, 0) is 10.8 Å². The minimum atomic E-state index is -0.131. The Balaban J connectivity index is 0.840. The zero-order valence-electron chi connectivity index (χ0n) is 68.6. The maximum absolute atomic E-state index is 2.72. The Hall–Kier alpha value is -9.24. The van der Waals surface area contributed by atoms with Crippen molar-refractivity contribution in [1.82, 2.24) is 0 Å². The van der Waals surface area contributed by atoms with Gasteiger partial charge in [-0.2, -0.15) is 0 Å². The van der Waals surface area contributed by atoms with Crippen LogP contribution >= 0.6 is 0 Å². The first kappa shape index (κ1) is 78.1. The molecule has 0 radical (unpaired) electrons. The summed E-state index contributed by atoms with van der Waals surface area (Å²) >= 11 is 0. The van der Waals surface area contributed by atoms with Gasteiger partial charge in [0.05, 0.1) is 0 Å². The fourth-order valence-corrected chi connectivity index (χ4v) is 20.5. The highest BCUT2D eigenvalue weighted by Crippen LogP contribution is 2.59. The standard InChI is InChI=1S/C110H126N2/c1-5-9-13-17-21-25-29-45-73-109(74-46-30-26-22-18-14-10-6-2)103-79-83(63-67-94(103)96-69-65-91(81-105(96)109)111(87-52-37-33-38-53-87)88-54-39-34-40-55-88)86-77-85-51-49-60-99-101-72-71-93(98-61-50-62-100(108(98)101)102(78-86)107(85)99)84-64-68-95-97-70-66-92(112(89-56-41-35-42-57-89)90-58-43-36-44-59-90)82-106(97)110(104(95)80-84,75-47-31-27-23-19-15-11-7-3)76-48-32-28-24-20-16-12-8-4/h33-44,49-72,77-82H,5-32,45-48,73-76H2,1-4H3. The molecule has 0 heterocycles. The Kier molecular flexibility index (Phi) is 26.5. The van der Waals surface area contributed by atoms with Crippen molar-refractivity contribution in [2.24, 2.45) is 0 Å². The molecule has 0 N–H and O–H groups in total. The summed E-state index contributed by atoms with van der Waals surface area (Å²) in [7, 11) is 0. The van der Waals surface area contributed by atoms with E-state index in [1.807, 2.05) is 0 Å². The third kappa shape index (κ3) is 16.9. The lowest BCUT2D eigenvalue weighted by atomic mass is 9.70. The first-order valence-electron chi connectivity index (χ1n) is 45.0. The van der Waals surface area contributed by atoms with E-state index in [0.29, 0.717) is 0 Å². The predicted octanol–water partition coefficient (Wildman–Crippen LogP) is 34.7. The van der Waals surface area contributed by atoms with Gasteiger partial charge in [-0.3, -0.25) is 0 Å². The van der Waals surface area contributed by atoms with Gasteiger partial charge < -0.3 is 9.80 Å². The van der Waals surface area contributed by atoms with Crippen molar-refractivity contribution in [3.05, 3.63) is 277 Å². The molecule has 2 nitrogen and oxygen atoms in total. The molecule has 13 aromatic carbocycles. The normalized spacial score (nSPS) is 13.2. The van der Waals surface area contributed by atoms with Crippen LogP contribution in [0.25, 0.3) is 87.6 Å². The van der Waals surface area contributed by atoms with Gasteiger partial charge in [-0.1, -0.05) is 391 Å². The molecule has 2 aliphatic carbocycles. The molecule has 0 amide bonds. The van der Waals surface area contributed by atoms with E-state index in [4.69, 9.17) is 0 Å². The minimum absolute atomic E-state index is 0.130. The lowest BCUT2D eigenvalue weighted by Crippen LogP contribution is -2.26. The van der Waals surface area contributed by atoms with Crippen molar-refractivity contribution in [2.75, 3.05) is 9.80 Å². The monoisotopic (exact) mass is 1470 g/mol. The number of unbranched alkanes of at least 4 members (excludes halogenated alkanes) is 28. The molecule has 0 saturated heterocycles. The summed E-state index contributed by atoms with van der Waals surface area (Å²) in [6.45, 7) is 9.36. The van der Waals surface area contributed by atoms with Crippen molar-refractivity contribution in [1.29, 1.82) is 0 Å². The highest BCUT2D eigenvalue weighted by Gasteiger charge is 2.45. The van der Waals surface area contributed by atoms with Gasteiger partial charge in [0.25, 0.3) is 0 Å². The Bertz CT molecular complexity index is 5020. The second kappa shape index (κ2) is 38.1. The molecule has 2 aliphatic rings. The number of rotatable bonds is 44. The Morgan fingerprint density at radius 3 is 0.911 bits per heavy atom. The highest BCUT2D eigenvalue weighted by molar-refractivity contribution is 6.34. The lowest BCUT2D eigenvalue weighted by molar-refractivity contribution is 0.397. The molecule has 0 fully saturated rings. The van der Waals surface area contributed by atoms with Crippen LogP contribution in [0.1, 0.15) is 281 Å². The molecule has 0 unspecified atom stereocenters. The van der Waals surface area contributed by atoms with Crippen LogP contribution in [0.4, 0.5) is 34.1 Å². The average molecular weight is 1480 g/mol. The summed E-state index contributed by atoms with van der Waals surface area (Å²) in [5.41, 5.74) is 24.2. The van der Waals surface area contributed by atoms with Gasteiger partial charge in [-0.15, -0.1) is 0 Å². The zero-order valence-corrected chi connectivity index (χ0v) is 68.6. The number of nitrogens with zero attached hydrogens (tertiary/aromatic N) is 2. The predicted molar refractivity (Wildman–Crippen MR) is 489 cm³/mol. The van der Waals surface area contributed by atoms with Crippen LogP contribution in [0.15, 0.2) is 255 Å². The third-order valence-electron chi connectivity index (χ3n) is 26.3. The van der Waals surface area contributed by atoms with Crippen LogP contribution < -0.4 is 9.80 Å². The van der Waals surface area contributed by atoms with Gasteiger partial charge in [0, 0.05) is 45.0 Å². The average Bonchev–Trinajstić information content (AvgIpc) is 1.37. The maximum Gasteiger partial charge on any atom is 0.0465 e. The van der Waals surface area contributed by atoms with E-state index >= 15 is 0 Å². The summed E-state index contributed by atoms with van der Waals surface area (Å²) in [5, 5.41) is 10.8. The van der Waals surface area contributed by atoms with Gasteiger partial charge >= 0.3 is 0 Å². The molecule has 576 valence electrons. The van der Waals surface area contributed by atoms with E-state index in [9.17, 15) is 0 Å². The third-order valence-corrected chi connectivity index (χ3v) is 26.3. The molecule has 13 aromatic rings. The van der Waals surface area contributed by atoms with E-state index in [2.05, 4.69) is 292 Å². The smallest absolute Gasteiger partial charge is 0.0465 e. The Labute approximate surface area is 673 Å². The van der Waals surface area contributed by atoms with Gasteiger partial charge in [0.1, 0.15) is 0 Å². The Morgan fingerprint density at radius 2 is 0.509 bits per heavy atom. The first-order valence-corrected chi connectivity index (χ1v) is 45.0. The van der Waals surface area contributed by atoms with E-state index in [1.54, 1.807) is 11.1 Å². The Morgan fingerprint density at radius 1 is 0.196 bits per heavy atom. The number of para-hydroxylation sites is 4. The zero-order chi connectivity index (χ0) is 76.3. The SMILES string of the molecule is CCCCCCCCCCC1(CCCCCCCCCC)c2cc(-c3cc4cccc5c6ccc(-c7ccc8c(c7)C(CCCCCCCCCC)(CCCCCCCCCC)c7cc(N(c9ccccc9)c9ccccc9)ccc7-8)c7cccc(c(c3)c45)c76)ccc2-c2ccc(N(c3ccccc3)c3ccccc3)cc21. The summed E-state index contributed by atoms with van der Waals surface area (Å²) in [4.78, 5) is 5.00. The van der Waals surface area contributed by atoms with Crippen LogP contribution in [0, 0.1) is 0 Å². The first-order chi connectivity index (χ1) is 55.4. The second-order valence-electron chi connectivity index (χ2n) is 33.9. The minimum Gasteiger partial charge on any atom is -0.310 e. The number of anilines is 6. The largest absolute Gasteiger partial charge is 0.310 e. The fraction of sp³-hybridized carbons (Fsp3) is 0.382. The van der Waals surface area contributed by atoms with Crippen molar-refractivity contribution < 1.29 is 0 Å². The molecule has 15 rings (SSSR count). The van der Waals surface area contributed by atoms with Crippen molar-refractivity contribution >= 4 is 77.2 Å².